The fourth-order valence-electron chi connectivity index (χ4n) is 5.25. The van der Waals surface area contributed by atoms with Gasteiger partial charge in [0.2, 0.25) is 0 Å². The van der Waals surface area contributed by atoms with E-state index in [-0.39, 0.29) is 5.48 Å². The van der Waals surface area contributed by atoms with Gasteiger partial charge in [-0.2, -0.15) is 0 Å². The van der Waals surface area contributed by atoms with Gasteiger partial charge in [0.25, 0.3) is 0 Å². The third-order valence-corrected chi connectivity index (χ3v) is 7.13. The van der Waals surface area contributed by atoms with Crippen LogP contribution in [-0.4, -0.2) is 30.0 Å². The first-order chi connectivity index (χ1) is 16.3. The first kappa shape index (κ1) is 30.7. The minimum absolute atomic E-state index is 0. The molecule has 0 amide bonds. The van der Waals surface area contributed by atoms with E-state index < -0.39 is 0 Å². The van der Waals surface area contributed by atoms with Crippen LogP contribution in [-0.2, 0) is 6.42 Å². The molecule has 0 fully saturated rings. The van der Waals surface area contributed by atoms with Crippen molar-refractivity contribution in [1.29, 1.82) is 0 Å². The van der Waals surface area contributed by atoms with Gasteiger partial charge in [0, 0.05) is 0 Å². The van der Waals surface area contributed by atoms with Crippen molar-refractivity contribution in [2.24, 2.45) is 0 Å². The predicted molar refractivity (Wildman–Crippen MR) is 153 cm³/mol. The summed E-state index contributed by atoms with van der Waals surface area (Å²) >= 11 is 0. The molecule has 0 unspecified atom stereocenters. The fourth-order valence-corrected chi connectivity index (χ4v) is 5.25. The first-order valence-corrected chi connectivity index (χ1v) is 14.5. The topological polar surface area (TPSA) is 34.7 Å². The molecule has 0 aliphatic heterocycles. The smallest absolute Gasteiger partial charge is 0.00187 e. The number of benzene rings is 2. The highest BCUT2D eigenvalue weighted by molar-refractivity contribution is 5.85. The molecule has 34 heavy (non-hydrogen) atoms. The molecule has 0 radical (unpaired) electrons. The van der Waals surface area contributed by atoms with Gasteiger partial charge in [0.15, 0.2) is 0 Å². The Morgan fingerprint density at radius 1 is 0.500 bits per heavy atom. The molecule has 2 aromatic rings. The molecule has 0 spiro atoms. The highest BCUT2D eigenvalue weighted by Crippen LogP contribution is 2.21. The van der Waals surface area contributed by atoms with Crippen LogP contribution in [0, 0.1) is 0 Å². The SMILES string of the molecule is CCCN(CCC)CCCCCCCCCCCCCCCCc1cccc2ccccc12.O. The van der Waals surface area contributed by atoms with Crippen molar-refractivity contribution in [3.05, 3.63) is 48.0 Å². The minimum atomic E-state index is 0. The fraction of sp³-hybridized carbons (Fsp3) is 0.688. The summed E-state index contributed by atoms with van der Waals surface area (Å²) in [4.78, 5) is 2.66. The van der Waals surface area contributed by atoms with E-state index in [1.165, 1.54) is 145 Å². The van der Waals surface area contributed by atoms with Gasteiger partial charge in [-0.3, -0.25) is 0 Å². The number of fused-ring (bicyclic) bond motifs is 1. The lowest BCUT2D eigenvalue weighted by atomic mass is 9.99. The summed E-state index contributed by atoms with van der Waals surface area (Å²) < 4.78 is 0. The summed E-state index contributed by atoms with van der Waals surface area (Å²) in [5.74, 6) is 0. The number of hydrogen-bond acceptors (Lipinski definition) is 1. The molecule has 2 heteroatoms. The monoisotopic (exact) mass is 469 g/mol. The Hall–Kier alpha value is -1.38. The number of aryl methyl sites for hydroxylation is 1. The molecule has 0 aliphatic rings. The van der Waals surface area contributed by atoms with Crippen molar-refractivity contribution in [3.63, 3.8) is 0 Å². The highest BCUT2D eigenvalue weighted by Gasteiger charge is 2.02. The van der Waals surface area contributed by atoms with E-state index in [9.17, 15) is 0 Å². The molecule has 0 saturated carbocycles. The lowest BCUT2D eigenvalue weighted by molar-refractivity contribution is 0.267. The molecule has 0 aromatic heterocycles. The molecule has 2 rings (SSSR count). The highest BCUT2D eigenvalue weighted by atomic mass is 16.0. The number of hydrogen-bond donors (Lipinski definition) is 0. The Bertz CT molecular complexity index is 702. The van der Waals surface area contributed by atoms with Gasteiger partial charge in [-0.25, -0.2) is 0 Å². The first-order valence-electron chi connectivity index (χ1n) is 14.5. The van der Waals surface area contributed by atoms with Crippen molar-refractivity contribution in [3.8, 4) is 0 Å². The summed E-state index contributed by atoms with van der Waals surface area (Å²) in [6, 6.07) is 15.6. The Balaban J connectivity index is 0.00000578. The molecule has 0 bridgehead atoms. The number of nitrogens with zero attached hydrogens (tertiary/aromatic N) is 1. The van der Waals surface area contributed by atoms with E-state index in [0.29, 0.717) is 0 Å². The van der Waals surface area contributed by atoms with Crippen molar-refractivity contribution in [1.82, 2.24) is 4.90 Å². The van der Waals surface area contributed by atoms with Crippen molar-refractivity contribution >= 4 is 10.8 Å². The Morgan fingerprint density at radius 3 is 1.53 bits per heavy atom. The van der Waals surface area contributed by atoms with E-state index >= 15 is 0 Å². The summed E-state index contributed by atoms with van der Waals surface area (Å²) in [5, 5.41) is 2.83. The third-order valence-electron chi connectivity index (χ3n) is 7.13. The van der Waals surface area contributed by atoms with Gasteiger partial charge < -0.3 is 10.4 Å². The summed E-state index contributed by atoms with van der Waals surface area (Å²) in [7, 11) is 0. The average Bonchev–Trinajstić information content (AvgIpc) is 2.84. The second kappa shape index (κ2) is 20.9. The van der Waals surface area contributed by atoms with Crippen LogP contribution in [0.4, 0.5) is 0 Å². The molecule has 194 valence electrons. The molecule has 0 heterocycles. The van der Waals surface area contributed by atoms with Crippen LogP contribution in [0.5, 0.6) is 0 Å². The molecule has 2 N–H and O–H groups in total. The zero-order valence-corrected chi connectivity index (χ0v) is 22.6. The quantitative estimate of drug-likeness (QED) is 0.168. The van der Waals surface area contributed by atoms with Crippen molar-refractivity contribution in [2.45, 2.75) is 123 Å². The molecule has 2 aromatic carbocycles. The second-order valence-corrected chi connectivity index (χ2v) is 10.2. The van der Waals surface area contributed by atoms with Crippen molar-refractivity contribution < 1.29 is 5.48 Å². The Labute approximate surface area is 211 Å². The largest absolute Gasteiger partial charge is 0.412 e. The van der Waals surface area contributed by atoms with Gasteiger partial charge in [-0.15, -0.1) is 0 Å². The third kappa shape index (κ3) is 13.5. The molecule has 0 aliphatic carbocycles. The van der Waals surface area contributed by atoms with E-state index in [4.69, 9.17) is 0 Å². The molecular formula is C32H55NO. The van der Waals surface area contributed by atoms with Gasteiger partial charge in [-0.1, -0.05) is 133 Å². The van der Waals surface area contributed by atoms with Crippen LogP contribution in [0.15, 0.2) is 42.5 Å². The summed E-state index contributed by atoms with van der Waals surface area (Å²) in [5.41, 5.74) is 1.53. The van der Waals surface area contributed by atoms with Crippen LogP contribution in [0.3, 0.4) is 0 Å². The average molecular weight is 470 g/mol. The van der Waals surface area contributed by atoms with E-state index in [0.717, 1.165) is 0 Å². The van der Waals surface area contributed by atoms with Gasteiger partial charge in [-0.05, 0) is 68.1 Å². The molecular weight excluding hydrogens is 414 g/mol. The Morgan fingerprint density at radius 2 is 0.971 bits per heavy atom. The van der Waals surface area contributed by atoms with Gasteiger partial charge >= 0.3 is 0 Å². The van der Waals surface area contributed by atoms with E-state index in [1.54, 1.807) is 0 Å². The van der Waals surface area contributed by atoms with Crippen molar-refractivity contribution in [2.75, 3.05) is 19.6 Å². The van der Waals surface area contributed by atoms with Crippen LogP contribution in [0.1, 0.15) is 122 Å². The zero-order valence-electron chi connectivity index (χ0n) is 22.6. The van der Waals surface area contributed by atoms with Crippen LogP contribution < -0.4 is 0 Å². The molecule has 0 atom stereocenters. The van der Waals surface area contributed by atoms with Gasteiger partial charge in [0.05, 0.1) is 0 Å². The standard InChI is InChI=1S/C32H53N.H2O/c1-3-27-33(28-4-2)29-20-16-14-12-10-8-6-5-7-9-11-13-15-17-22-30-24-21-25-31-23-18-19-26-32(30)31;/h18-19,21,23-26H,3-17,20,22,27-29H2,1-2H3;1H2. The molecule has 0 saturated heterocycles. The summed E-state index contributed by atoms with van der Waals surface area (Å²) in [6.07, 6.45) is 23.9. The van der Waals surface area contributed by atoms with Crippen LogP contribution in [0.25, 0.3) is 10.8 Å². The normalized spacial score (nSPS) is 11.3. The Kier molecular flexibility index (Phi) is 18.9. The maximum atomic E-state index is 2.66. The molecule has 2 nitrogen and oxygen atoms in total. The van der Waals surface area contributed by atoms with E-state index in [2.05, 4.69) is 61.2 Å². The van der Waals surface area contributed by atoms with Crippen LogP contribution in [0.2, 0.25) is 0 Å². The number of unbranched alkanes of at least 4 members (excludes halogenated alkanes) is 13. The number of rotatable bonds is 21. The minimum Gasteiger partial charge on any atom is -0.412 e. The maximum Gasteiger partial charge on any atom is -0.00187 e. The summed E-state index contributed by atoms with van der Waals surface area (Å²) in [6.45, 7) is 8.51. The maximum absolute atomic E-state index is 2.66. The van der Waals surface area contributed by atoms with Crippen LogP contribution >= 0.6 is 0 Å². The second-order valence-electron chi connectivity index (χ2n) is 10.2. The predicted octanol–water partition coefficient (Wildman–Crippen LogP) is 9.14. The lowest BCUT2D eigenvalue weighted by Gasteiger charge is -2.20. The zero-order chi connectivity index (χ0) is 23.4. The van der Waals surface area contributed by atoms with E-state index in [1.807, 2.05) is 0 Å². The lowest BCUT2D eigenvalue weighted by Crippen LogP contribution is -2.26. The van der Waals surface area contributed by atoms with Gasteiger partial charge in [0.1, 0.15) is 0 Å².